The van der Waals surface area contributed by atoms with Crippen LogP contribution in [0.5, 0.6) is 0 Å². The number of carboxylic acid groups (broad SMARTS) is 1. The lowest BCUT2D eigenvalue weighted by Crippen LogP contribution is -2.70. The summed E-state index contributed by atoms with van der Waals surface area (Å²) in [5.41, 5.74) is 1.93. The van der Waals surface area contributed by atoms with Gasteiger partial charge in [0, 0.05) is 20.4 Å². The molecular weight excluding hydrogens is 488 g/mol. The fourth-order valence-electron chi connectivity index (χ4n) is 3.97. The van der Waals surface area contributed by atoms with Gasteiger partial charge in [-0.25, -0.2) is 4.79 Å². The Bertz CT molecular complexity index is 1270. The van der Waals surface area contributed by atoms with E-state index in [-0.39, 0.29) is 23.9 Å². The van der Waals surface area contributed by atoms with E-state index in [0.29, 0.717) is 10.7 Å². The maximum absolute atomic E-state index is 12.9. The lowest BCUT2D eigenvalue weighted by molar-refractivity contribution is -0.150. The highest BCUT2D eigenvalue weighted by Gasteiger charge is 2.54. The zero-order chi connectivity index (χ0) is 23.7. The number of benzene rings is 2. The molecule has 0 aliphatic carbocycles. The number of nitrogens with one attached hydrogen (secondary N) is 1. The second-order valence-corrected chi connectivity index (χ2v) is 11.0. The number of amides is 2. The number of nitrogens with zero attached hydrogens (tertiary/aromatic N) is 1. The largest absolute Gasteiger partial charge is 0.477 e. The third kappa shape index (κ3) is 4.51. The van der Waals surface area contributed by atoms with E-state index in [1.54, 1.807) is 11.3 Å². The van der Waals surface area contributed by atoms with Gasteiger partial charge in [-0.15, -0.1) is 23.1 Å². The molecule has 2 aromatic carbocycles. The molecule has 0 saturated carbocycles. The van der Waals surface area contributed by atoms with Crippen LogP contribution in [0.25, 0.3) is 10.4 Å². The summed E-state index contributed by atoms with van der Waals surface area (Å²) in [7, 11) is 0. The Morgan fingerprint density at radius 1 is 1.09 bits per heavy atom. The Balaban J connectivity index is 1.32. The molecule has 3 aromatic rings. The van der Waals surface area contributed by atoms with Gasteiger partial charge in [0.2, 0.25) is 5.91 Å². The minimum absolute atomic E-state index is 0.00818. The van der Waals surface area contributed by atoms with Crippen LogP contribution in [0, 0.1) is 0 Å². The van der Waals surface area contributed by atoms with Crippen LogP contribution in [0.4, 0.5) is 0 Å². The molecule has 172 valence electrons. The second kappa shape index (κ2) is 9.69. The topological polar surface area (TPSA) is 86.7 Å². The van der Waals surface area contributed by atoms with Crippen LogP contribution in [0.2, 0.25) is 0 Å². The van der Waals surface area contributed by atoms with Crippen molar-refractivity contribution in [2.24, 2.45) is 0 Å². The lowest BCUT2D eigenvalue weighted by atomic mass is 10.0. The first-order chi connectivity index (χ1) is 16.5. The number of β-lactam (4-membered cyclic amide) rings is 1. The molecule has 2 atom stereocenters. The van der Waals surface area contributed by atoms with Crippen molar-refractivity contribution in [3.8, 4) is 10.4 Å². The molecule has 9 heteroatoms. The molecule has 0 bridgehead atoms. The van der Waals surface area contributed by atoms with Gasteiger partial charge in [-0.05, 0) is 34.7 Å². The number of thiophene rings is 1. The number of carbonyl (C=O) groups excluding carboxylic acids is 2. The number of rotatable bonds is 7. The SMILES string of the molecule is O=C(Cc1ccccc1)N[C@@H]1C(=O)N2C(C(=O)O)=C(Sc3cccc(-c4cccs4)c3)CS[C@@H]12. The highest BCUT2D eigenvalue weighted by Crippen LogP contribution is 2.45. The summed E-state index contributed by atoms with van der Waals surface area (Å²) in [6.07, 6.45) is 0.172. The molecule has 1 fully saturated rings. The Morgan fingerprint density at radius 2 is 1.91 bits per heavy atom. The number of hydrogen-bond acceptors (Lipinski definition) is 6. The summed E-state index contributed by atoms with van der Waals surface area (Å²) in [5, 5.41) is 14.3. The Kier molecular flexibility index (Phi) is 6.49. The van der Waals surface area contributed by atoms with Crippen molar-refractivity contribution in [3.63, 3.8) is 0 Å². The van der Waals surface area contributed by atoms with Crippen LogP contribution in [-0.4, -0.2) is 45.0 Å². The van der Waals surface area contributed by atoms with E-state index in [1.165, 1.54) is 28.4 Å². The number of carboxylic acids is 1. The van der Waals surface area contributed by atoms with Crippen molar-refractivity contribution in [2.75, 3.05) is 5.75 Å². The van der Waals surface area contributed by atoms with Gasteiger partial charge in [0.25, 0.3) is 5.91 Å². The molecule has 2 N–H and O–H groups in total. The zero-order valence-corrected chi connectivity index (χ0v) is 20.3. The molecule has 5 rings (SSSR count). The van der Waals surface area contributed by atoms with E-state index in [2.05, 4.69) is 5.32 Å². The van der Waals surface area contributed by atoms with E-state index >= 15 is 0 Å². The fraction of sp³-hybridized carbons (Fsp3) is 0.160. The molecule has 2 aliphatic rings. The first-order valence-electron chi connectivity index (χ1n) is 10.6. The monoisotopic (exact) mass is 508 g/mol. The maximum Gasteiger partial charge on any atom is 0.353 e. The zero-order valence-electron chi connectivity index (χ0n) is 17.8. The van der Waals surface area contributed by atoms with E-state index in [9.17, 15) is 19.5 Å². The third-order valence-electron chi connectivity index (χ3n) is 5.54. The molecule has 0 radical (unpaired) electrons. The highest BCUT2D eigenvalue weighted by atomic mass is 32.2. The first kappa shape index (κ1) is 22.8. The van der Waals surface area contributed by atoms with E-state index in [1.807, 2.05) is 72.1 Å². The molecule has 1 saturated heterocycles. The van der Waals surface area contributed by atoms with Crippen LogP contribution in [0.1, 0.15) is 5.56 Å². The van der Waals surface area contributed by atoms with Crippen LogP contribution < -0.4 is 5.32 Å². The Hall–Kier alpha value is -3.01. The number of thioether (sulfide) groups is 2. The van der Waals surface area contributed by atoms with Gasteiger partial charge in [-0.3, -0.25) is 14.5 Å². The predicted octanol–water partition coefficient (Wildman–Crippen LogP) is 4.45. The van der Waals surface area contributed by atoms with Gasteiger partial charge in [0.1, 0.15) is 17.1 Å². The van der Waals surface area contributed by atoms with E-state index < -0.39 is 17.4 Å². The number of hydrogen-bond donors (Lipinski definition) is 2. The molecule has 3 heterocycles. The van der Waals surface area contributed by atoms with Crippen LogP contribution in [0.3, 0.4) is 0 Å². The molecule has 0 spiro atoms. The van der Waals surface area contributed by atoms with Gasteiger partial charge in [0.05, 0.1) is 6.42 Å². The number of aliphatic carboxylic acids is 1. The van der Waals surface area contributed by atoms with Crippen LogP contribution >= 0.6 is 34.9 Å². The average Bonchev–Trinajstić information content (AvgIpc) is 3.38. The third-order valence-corrected chi connectivity index (χ3v) is 9.00. The first-order valence-corrected chi connectivity index (χ1v) is 13.3. The molecule has 6 nitrogen and oxygen atoms in total. The normalized spacial score (nSPS) is 19.4. The van der Waals surface area contributed by atoms with Crippen molar-refractivity contribution in [1.82, 2.24) is 10.2 Å². The van der Waals surface area contributed by atoms with Gasteiger partial charge in [0.15, 0.2) is 0 Å². The van der Waals surface area contributed by atoms with Crippen LogP contribution in [-0.2, 0) is 20.8 Å². The van der Waals surface area contributed by atoms with Crippen molar-refractivity contribution in [2.45, 2.75) is 22.7 Å². The van der Waals surface area contributed by atoms with E-state index in [0.717, 1.165) is 20.9 Å². The summed E-state index contributed by atoms with van der Waals surface area (Å²) < 4.78 is 0. The molecule has 2 amide bonds. The second-order valence-electron chi connectivity index (χ2n) is 7.80. The minimum atomic E-state index is -1.13. The van der Waals surface area contributed by atoms with Gasteiger partial charge < -0.3 is 10.4 Å². The smallest absolute Gasteiger partial charge is 0.353 e. The number of carbonyl (C=O) groups is 3. The summed E-state index contributed by atoms with van der Waals surface area (Å²) >= 11 is 4.49. The van der Waals surface area contributed by atoms with Crippen molar-refractivity contribution < 1.29 is 19.5 Å². The molecule has 1 aromatic heterocycles. The molecular formula is C25H20N2O4S3. The maximum atomic E-state index is 12.9. The standard InChI is InChI=1S/C25H20N2O4S3/c28-20(12-15-6-2-1-3-7-15)26-21-23(29)27-22(25(30)31)19(14-33-24(21)27)34-17-9-4-8-16(13-17)18-10-5-11-32-18/h1-11,13,21,24H,12,14H2,(H,26,28)(H,30,31)/t21-,24+/m1/s1. The average molecular weight is 509 g/mol. The summed E-state index contributed by atoms with van der Waals surface area (Å²) in [6, 6.07) is 20.6. The lowest BCUT2D eigenvalue weighted by Gasteiger charge is -2.49. The Morgan fingerprint density at radius 3 is 2.65 bits per heavy atom. The predicted molar refractivity (Wildman–Crippen MR) is 135 cm³/mol. The van der Waals surface area contributed by atoms with Crippen molar-refractivity contribution >= 4 is 52.6 Å². The van der Waals surface area contributed by atoms with Crippen molar-refractivity contribution in [3.05, 3.63) is 88.3 Å². The highest BCUT2D eigenvalue weighted by molar-refractivity contribution is 8.06. The minimum Gasteiger partial charge on any atom is -0.477 e. The van der Waals surface area contributed by atoms with Gasteiger partial charge in [-0.2, -0.15) is 0 Å². The van der Waals surface area contributed by atoms with Gasteiger partial charge in [-0.1, -0.05) is 60.3 Å². The molecule has 34 heavy (non-hydrogen) atoms. The Labute approximate surface area is 209 Å². The molecule has 0 unspecified atom stereocenters. The summed E-state index contributed by atoms with van der Waals surface area (Å²) in [4.78, 5) is 41.5. The quantitative estimate of drug-likeness (QED) is 0.459. The summed E-state index contributed by atoms with van der Waals surface area (Å²) in [5.74, 6) is -1.32. The summed E-state index contributed by atoms with van der Waals surface area (Å²) in [6.45, 7) is 0. The van der Waals surface area contributed by atoms with Crippen LogP contribution in [0.15, 0.2) is 87.6 Å². The molecule has 2 aliphatic heterocycles. The number of fused-ring (bicyclic) bond motifs is 1. The van der Waals surface area contributed by atoms with Gasteiger partial charge >= 0.3 is 5.97 Å². The van der Waals surface area contributed by atoms with Crippen molar-refractivity contribution in [1.29, 1.82) is 0 Å². The van der Waals surface area contributed by atoms with E-state index in [4.69, 9.17) is 0 Å². The fourth-order valence-corrected chi connectivity index (χ4v) is 7.23.